The Bertz CT molecular complexity index is 509. The van der Waals surface area contributed by atoms with Crippen molar-refractivity contribution in [2.45, 2.75) is 32.1 Å². The highest BCUT2D eigenvalue weighted by Crippen LogP contribution is 2.44. The number of amides is 1. The number of nitrogens with one attached hydrogen (secondary N) is 1. The second-order valence-corrected chi connectivity index (χ2v) is 6.19. The zero-order chi connectivity index (χ0) is 13.5. The number of carbonyl (C=O) groups is 1. The Labute approximate surface area is 118 Å². The van der Waals surface area contributed by atoms with Crippen LogP contribution in [0.1, 0.15) is 32.1 Å². The van der Waals surface area contributed by atoms with Crippen molar-refractivity contribution >= 4 is 28.9 Å². The molecule has 1 aliphatic carbocycles. The molecule has 0 aromatic heterocycles. The number of hydrogen-bond donors (Lipinski definition) is 1. The molecule has 1 amide bonds. The van der Waals surface area contributed by atoms with Gasteiger partial charge >= 0.3 is 0 Å². The predicted octanol–water partition coefficient (Wildman–Crippen LogP) is 3.68. The first-order valence-electron chi connectivity index (χ1n) is 6.93. The van der Waals surface area contributed by atoms with Crippen molar-refractivity contribution in [3.05, 3.63) is 23.2 Å². The molecule has 4 heteroatoms. The van der Waals surface area contributed by atoms with Crippen LogP contribution in [0.3, 0.4) is 0 Å². The Hall–Kier alpha value is -1.22. The lowest BCUT2D eigenvalue weighted by atomic mass is 9.73. The van der Waals surface area contributed by atoms with Crippen LogP contribution in [0.15, 0.2) is 18.2 Å². The quantitative estimate of drug-likeness (QED) is 0.785. The number of benzene rings is 1. The van der Waals surface area contributed by atoms with Gasteiger partial charge < -0.3 is 10.2 Å². The van der Waals surface area contributed by atoms with Crippen LogP contribution in [0.5, 0.6) is 0 Å². The fourth-order valence-corrected chi connectivity index (χ4v) is 3.80. The molecule has 0 unspecified atom stereocenters. The van der Waals surface area contributed by atoms with Gasteiger partial charge in [0, 0.05) is 13.6 Å². The van der Waals surface area contributed by atoms with Crippen molar-refractivity contribution in [2.24, 2.45) is 5.41 Å². The van der Waals surface area contributed by atoms with Crippen LogP contribution >= 0.6 is 11.6 Å². The van der Waals surface area contributed by atoms with Crippen molar-refractivity contribution in [1.82, 2.24) is 0 Å². The van der Waals surface area contributed by atoms with Gasteiger partial charge in [-0.25, -0.2) is 0 Å². The summed E-state index contributed by atoms with van der Waals surface area (Å²) in [5.41, 5.74) is 1.54. The Morgan fingerprint density at radius 1 is 1.26 bits per heavy atom. The second-order valence-electron chi connectivity index (χ2n) is 5.79. The standard InChI is InChI=1S/C15H19ClN2O/c1-18-10-15(8-3-2-4-9-15)14(19)17-12-7-5-6-11(16)13(12)18/h5-7H,2-4,8-10H2,1H3,(H,17,19). The Morgan fingerprint density at radius 3 is 2.74 bits per heavy atom. The fraction of sp³-hybridized carbons (Fsp3) is 0.533. The van der Waals surface area contributed by atoms with E-state index in [-0.39, 0.29) is 11.3 Å². The van der Waals surface area contributed by atoms with E-state index in [1.807, 2.05) is 25.2 Å². The molecule has 0 atom stereocenters. The summed E-state index contributed by atoms with van der Waals surface area (Å²) in [6.07, 6.45) is 5.49. The summed E-state index contributed by atoms with van der Waals surface area (Å²) in [7, 11) is 2.03. The summed E-state index contributed by atoms with van der Waals surface area (Å²) in [5.74, 6) is 0.167. The second kappa shape index (κ2) is 4.71. The van der Waals surface area contributed by atoms with E-state index in [0.717, 1.165) is 43.6 Å². The third-order valence-corrected chi connectivity index (χ3v) is 4.75. The van der Waals surface area contributed by atoms with Gasteiger partial charge in [-0.2, -0.15) is 0 Å². The summed E-state index contributed by atoms with van der Waals surface area (Å²) in [6.45, 7) is 0.759. The average Bonchev–Trinajstić information content (AvgIpc) is 2.48. The molecule has 0 radical (unpaired) electrons. The van der Waals surface area contributed by atoms with Gasteiger partial charge in [0.25, 0.3) is 0 Å². The molecule has 19 heavy (non-hydrogen) atoms. The number of rotatable bonds is 0. The molecule has 2 aliphatic rings. The van der Waals surface area contributed by atoms with E-state index in [1.54, 1.807) is 0 Å². The minimum Gasteiger partial charge on any atom is -0.371 e. The van der Waals surface area contributed by atoms with Gasteiger partial charge in [0.15, 0.2) is 0 Å². The van der Waals surface area contributed by atoms with Gasteiger partial charge in [0.1, 0.15) is 0 Å². The number of hydrogen-bond acceptors (Lipinski definition) is 2. The number of halogens is 1. The summed E-state index contributed by atoms with van der Waals surface area (Å²) in [5, 5.41) is 3.79. The Balaban J connectivity index is 2.02. The summed E-state index contributed by atoms with van der Waals surface area (Å²) in [6, 6.07) is 5.69. The first-order valence-corrected chi connectivity index (χ1v) is 7.31. The van der Waals surface area contributed by atoms with Crippen molar-refractivity contribution < 1.29 is 4.79 Å². The van der Waals surface area contributed by atoms with Crippen LogP contribution in [0.2, 0.25) is 5.02 Å². The molecule has 1 saturated carbocycles. The largest absolute Gasteiger partial charge is 0.371 e. The number of nitrogens with zero attached hydrogens (tertiary/aromatic N) is 1. The molecule has 3 rings (SSSR count). The molecule has 1 aromatic carbocycles. The zero-order valence-corrected chi connectivity index (χ0v) is 12.0. The van der Waals surface area contributed by atoms with Gasteiger partial charge in [0.05, 0.1) is 21.8 Å². The van der Waals surface area contributed by atoms with Gasteiger partial charge in [-0.3, -0.25) is 4.79 Å². The molecule has 0 saturated heterocycles. The molecule has 1 spiro atoms. The number of anilines is 2. The summed E-state index contributed by atoms with van der Waals surface area (Å²) >= 11 is 6.29. The Morgan fingerprint density at radius 2 is 2.00 bits per heavy atom. The van der Waals surface area contributed by atoms with Gasteiger partial charge in [0.2, 0.25) is 5.91 Å². The van der Waals surface area contributed by atoms with E-state index in [9.17, 15) is 4.79 Å². The van der Waals surface area contributed by atoms with Crippen LogP contribution in [0, 0.1) is 5.41 Å². The van der Waals surface area contributed by atoms with Crippen LogP contribution in [0.25, 0.3) is 0 Å². The van der Waals surface area contributed by atoms with E-state index in [0.29, 0.717) is 5.02 Å². The highest BCUT2D eigenvalue weighted by molar-refractivity contribution is 6.34. The normalized spacial score (nSPS) is 21.8. The molecule has 1 fully saturated rings. The maximum absolute atomic E-state index is 12.6. The number of para-hydroxylation sites is 1. The van der Waals surface area contributed by atoms with Crippen LogP contribution < -0.4 is 10.2 Å². The molecule has 1 N–H and O–H groups in total. The fourth-order valence-electron chi connectivity index (χ4n) is 3.48. The topological polar surface area (TPSA) is 32.3 Å². The van der Waals surface area contributed by atoms with Crippen LogP contribution in [-0.4, -0.2) is 19.5 Å². The predicted molar refractivity (Wildman–Crippen MR) is 78.9 cm³/mol. The smallest absolute Gasteiger partial charge is 0.232 e. The monoisotopic (exact) mass is 278 g/mol. The highest BCUT2D eigenvalue weighted by atomic mass is 35.5. The van der Waals surface area contributed by atoms with Crippen LogP contribution in [0.4, 0.5) is 11.4 Å². The molecular formula is C15H19ClN2O. The number of carbonyl (C=O) groups excluding carboxylic acids is 1. The van der Waals surface area contributed by atoms with Gasteiger partial charge in [-0.1, -0.05) is 36.9 Å². The van der Waals surface area contributed by atoms with Gasteiger partial charge in [-0.05, 0) is 25.0 Å². The van der Waals surface area contributed by atoms with Crippen molar-refractivity contribution in [3.8, 4) is 0 Å². The molecule has 1 aliphatic heterocycles. The van der Waals surface area contributed by atoms with Crippen molar-refractivity contribution in [3.63, 3.8) is 0 Å². The van der Waals surface area contributed by atoms with Gasteiger partial charge in [-0.15, -0.1) is 0 Å². The molecule has 3 nitrogen and oxygen atoms in total. The Kier molecular flexibility index (Phi) is 3.17. The van der Waals surface area contributed by atoms with E-state index in [2.05, 4.69) is 10.2 Å². The lowest BCUT2D eigenvalue weighted by molar-refractivity contribution is -0.126. The van der Waals surface area contributed by atoms with E-state index >= 15 is 0 Å². The molecule has 1 heterocycles. The van der Waals surface area contributed by atoms with Crippen molar-refractivity contribution in [1.29, 1.82) is 0 Å². The van der Waals surface area contributed by atoms with E-state index in [1.165, 1.54) is 6.42 Å². The summed E-state index contributed by atoms with van der Waals surface area (Å²) < 4.78 is 0. The summed E-state index contributed by atoms with van der Waals surface area (Å²) in [4.78, 5) is 14.8. The maximum Gasteiger partial charge on any atom is 0.232 e. The first-order chi connectivity index (χ1) is 9.12. The third-order valence-electron chi connectivity index (χ3n) is 4.45. The maximum atomic E-state index is 12.6. The number of fused-ring (bicyclic) bond motifs is 1. The van der Waals surface area contributed by atoms with E-state index in [4.69, 9.17) is 11.6 Å². The first kappa shape index (κ1) is 12.8. The highest BCUT2D eigenvalue weighted by Gasteiger charge is 2.43. The average molecular weight is 279 g/mol. The van der Waals surface area contributed by atoms with Crippen LogP contribution in [-0.2, 0) is 4.79 Å². The zero-order valence-electron chi connectivity index (χ0n) is 11.2. The SMILES string of the molecule is CN1CC2(CCCCC2)C(=O)Nc2cccc(Cl)c21. The molecule has 102 valence electrons. The minimum absolute atomic E-state index is 0.167. The van der Waals surface area contributed by atoms with E-state index < -0.39 is 0 Å². The third kappa shape index (κ3) is 2.10. The van der Waals surface area contributed by atoms with Crippen molar-refractivity contribution in [2.75, 3.05) is 23.8 Å². The lowest BCUT2D eigenvalue weighted by Gasteiger charge is -2.36. The molecular weight excluding hydrogens is 260 g/mol. The minimum atomic E-state index is -0.241. The molecule has 1 aromatic rings. The lowest BCUT2D eigenvalue weighted by Crippen LogP contribution is -2.44. The molecule has 0 bridgehead atoms.